The van der Waals surface area contributed by atoms with Gasteiger partial charge in [-0.25, -0.2) is 0 Å². The van der Waals surface area contributed by atoms with Gasteiger partial charge >= 0.3 is 0 Å². The summed E-state index contributed by atoms with van der Waals surface area (Å²) in [6.45, 7) is 4.09. The number of rotatable bonds is 4. The summed E-state index contributed by atoms with van der Waals surface area (Å²) in [6, 6.07) is 5.66. The molecule has 0 fully saturated rings. The third kappa shape index (κ3) is 3.47. The maximum Gasteiger partial charge on any atom is 0.130 e. The number of hydrogen-bond acceptors (Lipinski definition) is 2. The molecule has 82 valence electrons. The van der Waals surface area contributed by atoms with Crippen molar-refractivity contribution in [3.8, 4) is 5.75 Å². The van der Waals surface area contributed by atoms with Gasteiger partial charge in [-0.3, -0.25) is 0 Å². The van der Waals surface area contributed by atoms with E-state index in [1.54, 1.807) is 0 Å². The Morgan fingerprint density at radius 1 is 1.60 bits per heavy atom. The van der Waals surface area contributed by atoms with E-state index in [2.05, 4.69) is 22.9 Å². The standard InChI is InChI=1S/C11H14BrNOS/c1-3-7(2)14-10-6-8(12)4-5-9(10)11(13)15/h4-7H,3H2,1-2H3,(H2,13,15). The summed E-state index contributed by atoms with van der Waals surface area (Å²) in [5, 5.41) is 0. The van der Waals surface area contributed by atoms with E-state index in [1.165, 1.54) is 0 Å². The molecule has 0 bridgehead atoms. The van der Waals surface area contributed by atoms with Crippen LogP contribution in [0.5, 0.6) is 5.75 Å². The summed E-state index contributed by atoms with van der Waals surface area (Å²) in [5.74, 6) is 0.742. The first-order valence-corrected chi connectivity index (χ1v) is 6.00. The Balaban J connectivity index is 3.02. The molecular weight excluding hydrogens is 274 g/mol. The van der Waals surface area contributed by atoms with Gasteiger partial charge in [0.15, 0.2) is 0 Å². The molecule has 1 rings (SSSR count). The van der Waals surface area contributed by atoms with Crippen molar-refractivity contribution in [3.05, 3.63) is 28.2 Å². The van der Waals surface area contributed by atoms with E-state index in [4.69, 9.17) is 22.7 Å². The molecule has 0 aromatic heterocycles. The summed E-state index contributed by atoms with van der Waals surface area (Å²) in [5.41, 5.74) is 6.40. The molecule has 2 N–H and O–H groups in total. The molecule has 0 aliphatic carbocycles. The van der Waals surface area contributed by atoms with Crippen molar-refractivity contribution in [2.45, 2.75) is 26.4 Å². The van der Waals surface area contributed by atoms with Crippen molar-refractivity contribution in [3.63, 3.8) is 0 Å². The van der Waals surface area contributed by atoms with Crippen LogP contribution >= 0.6 is 28.1 Å². The third-order valence-corrected chi connectivity index (χ3v) is 2.83. The van der Waals surface area contributed by atoms with Crippen LogP contribution in [0.15, 0.2) is 22.7 Å². The van der Waals surface area contributed by atoms with Crippen molar-refractivity contribution in [1.82, 2.24) is 0 Å². The smallest absolute Gasteiger partial charge is 0.130 e. The number of halogens is 1. The largest absolute Gasteiger partial charge is 0.490 e. The van der Waals surface area contributed by atoms with Crippen LogP contribution in [0.2, 0.25) is 0 Å². The second-order valence-corrected chi connectivity index (χ2v) is 4.70. The highest BCUT2D eigenvalue weighted by Crippen LogP contribution is 2.25. The maximum atomic E-state index is 5.74. The maximum absolute atomic E-state index is 5.74. The van der Waals surface area contributed by atoms with Gasteiger partial charge in [-0.1, -0.05) is 35.1 Å². The van der Waals surface area contributed by atoms with Gasteiger partial charge in [0, 0.05) is 4.47 Å². The van der Waals surface area contributed by atoms with Crippen LogP contribution in [0.1, 0.15) is 25.8 Å². The van der Waals surface area contributed by atoms with E-state index < -0.39 is 0 Å². The molecule has 15 heavy (non-hydrogen) atoms. The van der Waals surface area contributed by atoms with Crippen molar-refractivity contribution < 1.29 is 4.74 Å². The average Bonchev–Trinajstić information content (AvgIpc) is 2.17. The molecule has 1 aromatic carbocycles. The lowest BCUT2D eigenvalue weighted by molar-refractivity contribution is 0.217. The molecule has 2 nitrogen and oxygen atoms in total. The van der Waals surface area contributed by atoms with Crippen LogP contribution in [0, 0.1) is 0 Å². The predicted octanol–water partition coefficient (Wildman–Crippen LogP) is 3.26. The number of ether oxygens (including phenoxy) is 1. The fourth-order valence-corrected chi connectivity index (χ4v) is 1.61. The molecule has 1 atom stereocenters. The van der Waals surface area contributed by atoms with E-state index in [9.17, 15) is 0 Å². The fourth-order valence-electron chi connectivity index (χ4n) is 1.10. The first-order valence-electron chi connectivity index (χ1n) is 4.80. The van der Waals surface area contributed by atoms with E-state index >= 15 is 0 Å². The molecule has 0 saturated carbocycles. The molecule has 0 aliphatic heterocycles. The molecule has 1 unspecified atom stereocenters. The van der Waals surface area contributed by atoms with Crippen LogP contribution in [-0.4, -0.2) is 11.1 Å². The Kier molecular flexibility index (Phi) is 4.54. The Morgan fingerprint density at radius 2 is 2.27 bits per heavy atom. The second kappa shape index (κ2) is 5.47. The minimum Gasteiger partial charge on any atom is -0.490 e. The molecule has 0 saturated heterocycles. The number of thiocarbonyl (C=S) groups is 1. The SMILES string of the molecule is CCC(C)Oc1cc(Br)ccc1C(N)=S. The van der Waals surface area contributed by atoms with Crippen LogP contribution < -0.4 is 10.5 Å². The van der Waals surface area contributed by atoms with Crippen LogP contribution in [0.25, 0.3) is 0 Å². The van der Waals surface area contributed by atoms with Crippen molar-refractivity contribution in [2.24, 2.45) is 5.73 Å². The first-order chi connectivity index (χ1) is 7.04. The van der Waals surface area contributed by atoms with Gasteiger partial charge in [0.05, 0.1) is 11.7 Å². The van der Waals surface area contributed by atoms with Crippen molar-refractivity contribution in [1.29, 1.82) is 0 Å². The third-order valence-electron chi connectivity index (χ3n) is 2.11. The summed E-state index contributed by atoms with van der Waals surface area (Å²) in [6.07, 6.45) is 1.11. The van der Waals surface area contributed by atoms with Crippen molar-refractivity contribution >= 4 is 33.1 Å². The lowest BCUT2D eigenvalue weighted by Crippen LogP contribution is -2.16. The zero-order chi connectivity index (χ0) is 11.4. The van der Waals surface area contributed by atoms with Gasteiger partial charge in [0.2, 0.25) is 0 Å². The van der Waals surface area contributed by atoms with Gasteiger partial charge < -0.3 is 10.5 Å². The van der Waals surface area contributed by atoms with Gasteiger partial charge in [-0.2, -0.15) is 0 Å². The monoisotopic (exact) mass is 287 g/mol. The minimum atomic E-state index is 0.160. The zero-order valence-corrected chi connectivity index (χ0v) is 11.2. The van der Waals surface area contributed by atoms with E-state index in [0.29, 0.717) is 4.99 Å². The fraction of sp³-hybridized carbons (Fsp3) is 0.364. The highest BCUT2D eigenvalue weighted by Gasteiger charge is 2.09. The second-order valence-electron chi connectivity index (χ2n) is 3.34. The van der Waals surface area contributed by atoms with Crippen LogP contribution in [0.4, 0.5) is 0 Å². The van der Waals surface area contributed by atoms with Gasteiger partial charge in [0.1, 0.15) is 10.7 Å². The molecule has 0 aliphatic rings. The molecule has 4 heteroatoms. The van der Waals surface area contributed by atoms with E-state index in [1.807, 2.05) is 25.1 Å². The predicted molar refractivity (Wildman–Crippen MR) is 70.4 cm³/mol. The Hall–Kier alpha value is -0.610. The Morgan fingerprint density at radius 3 is 2.80 bits per heavy atom. The lowest BCUT2D eigenvalue weighted by Gasteiger charge is -2.15. The normalized spacial score (nSPS) is 12.2. The van der Waals surface area contributed by atoms with Gasteiger partial charge in [0.25, 0.3) is 0 Å². The summed E-state index contributed by atoms with van der Waals surface area (Å²) < 4.78 is 6.70. The number of hydrogen-bond donors (Lipinski definition) is 1. The van der Waals surface area contributed by atoms with Gasteiger partial charge in [-0.05, 0) is 31.5 Å². The number of nitrogens with two attached hydrogens (primary N) is 1. The van der Waals surface area contributed by atoms with Crippen LogP contribution in [0.3, 0.4) is 0 Å². The van der Waals surface area contributed by atoms with Gasteiger partial charge in [-0.15, -0.1) is 0 Å². The first kappa shape index (κ1) is 12.5. The van der Waals surface area contributed by atoms with E-state index in [0.717, 1.165) is 22.2 Å². The molecular formula is C11H14BrNOS. The average molecular weight is 288 g/mol. The van der Waals surface area contributed by atoms with E-state index in [-0.39, 0.29) is 6.10 Å². The Labute approximate surface area is 104 Å². The topological polar surface area (TPSA) is 35.2 Å². The number of benzene rings is 1. The highest BCUT2D eigenvalue weighted by molar-refractivity contribution is 9.10. The quantitative estimate of drug-likeness (QED) is 0.864. The Bertz CT molecular complexity index is 368. The molecule has 0 heterocycles. The summed E-state index contributed by atoms with van der Waals surface area (Å²) >= 11 is 8.36. The molecule has 0 spiro atoms. The zero-order valence-electron chi connectivity index (χ0n) is 8.79. The summed E-state index contributed by atoms with van der Waals surface area (Å²) in [4.78, 5) is 0.362. The molecule has 0 amide bonds. The summed E-state index contributed by atoms with van der Waals surface area (Å²) in [7, 11) is 0. The van der Waals surface area contributed by atoms with Crippen molar-refractivity contribution in [2.75, 3.05) is 0 Å². The van der Waals surface area contributed by atoms with Crippen LogP contribution in [-0.2, 0) is 0 Å². The lowest BCUT2D eigenvalue weighted by atomic mass is 10.2. The highest BCUT2D eigenvalue weighted by atomic mass is 79.9. The molecule has 1 aromatic rings. The molecule has 0 radical (unpaired) electrons. The minimum absolute atomic E-state index is 0.160.